The van der Waals surface area contributed by atoms with E-state index >= 15 is 0 Å². The fourth-order valence-electron chi connectivity index (χ4n) is 5.04. The zero-order chi connectivity index (χ0) is 30.5. The number of benzene rings is 2. The van der Waals surface area contributed by atoms with Crippen LogP contribution in [0, 0.1) is 0 Å². The molecule has 2 aliphatic heterocycles. The van der Waals surface area contributed by atoms with E-state index in [1.165, 1.54) is 6.92 Å². The summed E-state index contributed by atoms with van der Waals surface area (Å²) in [6.45, 7) is -0.443. The van der Waals surface area contributed by atoms with Gasteiger partial charge >= 0.3 is 21.6 Å². The van der Waals surface area contributed by atoms with Crippen molar-refractivity contribution in [2.24, 2.45) is 0 Å². The molecule has 3 atom stereocenters. The van der Waals surface area contributed by atoms with Crippen LogP contribution in [0.2, 0.25) is 0 Å². The van der Waals surface area contributed by atoms with Crippen molar-refractivity contribution in [3.8, 4) is 0 Å². The molecule has 2 fully saturated rings. The molecule has 3 aromatic rings. The molecule has 3 heterocycles. The Labute approximate surface area is 238 Å². The highest BCUT2D eigenvalue weighted by Gasteiger charge is 2.70. The fraction of sp³-hybridized carbons (Fsp3) is 0.360. The van der Waals surface area contributed by atoms with Crippen LogP contribution in [-0.4, -0.2) is 70.3 Å². The maximum absolute atomic E-state index is 13.8. The first-order valence-electron chi connectivity index (χ1n) is 12.4. The Hall–Kier alpha value is -3.83. The van der Waals surface area contributed by atoms with Gasteiger partial charge in [-0.2, -0.15) is 21.6 Å². The van der Waals surface area contributed by atoms with Gasteiger partial charge in [0, 0.05) is 0 Å². The Morgan fingerprint density at radius 2 is 1.67 bits per heavy atom. The standard InChI is InChI=1S/C25H23F3N4O8S2/c1-24(15-31-13-18(29-30-31)14-39-42(37,38)25(26,27)28)22(32-19(33)12-20(32)41(24,35)36)23(34)40-21(16-8-4-2-5-9-16)17-10-6-3-7-11-17/h2-11,13,20-22H,12,14-15H2,1H3/t20-,22+,24+/m1/s1. The third-order valence-corrected chi connectivity index (χ3v) is 10.9. The Balaban J connectivity index is 1.44. The number of nitrogens with zero attached hydrogens (tertiary/aromatic N) is 4. The molecular formula is C25H23F3N4O8S2. The third-order valence-electron chi connectivity index (χ3n) is 7.18. The molecule has 0 N–H and O–H groups in total. The van der Waals surface area contributed by atoms with Crippen LogP contribution in [0.15, 0.2) is 66.9 Å². The number of alkyl halides is 3. The number of halogens is 3. The number of hydrogen-bond acceptors (Lipinski definition) is 10. The molecule has 2 saturated heterocycles. The van der Waals surface area contributed by atoms with Crippen LogP contribution in [0.3, 0.4) is 0 Å². The van der Waals surface area contributed by atoms with Crippen molar-refractivity contribution in [1.82, 2.24) is 19.9 Å². The van der Waals surface area contributed by atoms with Gasteiger partial charge in [0.05, 0.1) is 19.2 Å². The Bertz CT molecular complexity index is 1680. The molecule has 2 aromatic carbocycles. The molecule has 0 bridgehead atoms. The number of ether oxygens (including phenoxy) is 1. The zero-order valence-corrected chi connectivity index (χ0v) is 23.3. The predicted octanol–water partition coefficient (Wildman–Crippen LogP) is 2.09. The Morgan fingerprint density at radius 1 is 1.10 bits per heavy atom. The van der Waals surface area contributed by atoms with E-state index in [4.69, 9.17) is 4.74 Å². The zero-order valence-electron chi connectivity index (χ0n) is 21.7. The number of β-lactam (4-membered cyclic amide) rings is 1. The van der Waals surface area contributed by atoms with Crippen molar-refractivity contribution >= 4 is 31.8 Å². The number of hydrogen-bond donors (Lipinski definition) is 0. The van der Waals surface area contributed by atoms with Gasteiger partial charge in [0.1, 0.15) is 22.4 Å². The van der Waals surface area contributed by atoms with Crippen molar-refractivity contribution in [3.63, 3.8) is 0 Å². The van der Waals surface area contributed by atoms with Crippen LogP contribution in [0.25, 0.3) is 0 Å². The van der Waals surface area contributed by atoms with Gasteiger partial charge in [-0.15, -0.1) is 5.10 Å². The van der Waals surface area contributed by atoms with Crippen LogP contribution >= 0.6 is 0 Å². The van der Waals surface area contributed by atoms with E-state index in [-0.39, 0.29) is 12.1 Å². The van der Waals surface area contributed by atoms with E-state index in [2.05, 4.69) is 14.5 Å². The summed E-state index contributed by atoms with van der Waals surface area (Å²) in [5, 5.41) is 5.95. The van der Waals surface area contributed by atoms with E-state index < -0.39 is 72.8 Å². The number of rotatable bonds is 9. The van der Waals surface area contributed by atoms with Gasteiger partial charge in [-0.3, -0.25) is 13.7 Å². The molecule has 0 saturated carbocycles. The monoisotopic (exact) mass is 628 g/mol. The molecule has 1 aromatic heterocycles. The van der Waals surface area contributed by atoms with Crippen LogP contribution in [0.4, 0.5) is 13.2 Å². The molecule has 12 nitrogen and oxygen atoms in total. The maximum Gasteiger partial charge on any atom is 0.523 e. The number of fused-ring (bicyclic) bond motifs is 1. The summed E-state index contributed by atoms with van der Waals surface area (Å²) in [7, 11) is -10.1. The van der Waals surface area contributed by atoms with Crippen molar-refractivity contribution in [2.75, 3.05) is 0 Å². The smallest absolute Gasteiger partial charge is 0.451 e. The summed E-state index contributed by atoms with van der Waals surface area (Å²) in [5.74, 6) is -1.57. The SMILES string of the molecule is C[C@]1(Cn2cc(COS(=O)(=O)C(F)(F)F)nn2)[C@H](C(=O)OC(c2ccccc2)c2ccccc2)N2C(=O)C[C@H]2S1(=O)=O. The summed E-state index contributed by atoms with van der Waals surface area (Å²) >= 11 is 0. The average Bonchev–Trinajstić information content (AvgIpc) is 3.43. The highest BCUT2D eigenvalue weighted by Crippen LogP contribution is 2.47. The largest absolute Gasteiger partial charge is 0.523 e. The lowest BCUT2D eigenvalue weighted by molar-refractivity contribution is -0.164. The second-order valence-electron chi connectivity index (χ2n) is 9.93. The first kappa shape index (κ1) is 29.7. The predicted molar refractivity (Wildman–Crippen MR) is 137 cm³/mol. The summed E-state index contributed by atoms with van der Waals surface area (Å²) in [5.41, 5.74) is -4.81. The fourth-order valence-corrected chi connectivity index (χ4v) is 7.81. The van der Waals surface area contributed by atoms with Gasteiger partial charge in [0.25, 0.3) is 0 Å². The topological polar surface area (TPSA) is 155 Å². The Kier molecular flexibility index (Phi) is 7.39. The highest BCUT2D eigenvalue weighted by molar-refractivity contribution is 7.93. The van der Waals surface area contributed by atoms with Crippen molar-refractivity contribution in [3.05, 3.63) is 83.7 Å². The van der Waals surface area contributed by atoms with E-state index in [1.807, 2.05) is 0 Å². The molecule has 0 radical (unpaired) electrons. The first-order valence-corrected chi connectivity index (χ1v) is 15.3. The van der Waals surface area contributed by atoms with Crippen molar-refractivity contribution in [2.45, 2.75) is 54.3 Å². The molecule has 0 unspecified atom stereocenters. The van der Waals surface area contributed by atoms with E-state index in [0.717, 1.165) is 15.8 Å². The summed E-state index contributed by atoms with van der Waals surface area (Å²) in [4.78, 5) is 27.4. The van der Waals surface area contributed by atoms with Gasteiger partial charge in [-0.25, -0.2) is 13.2 Å². The minimum absolute atomic E-state index is 0.339. The minimum Gasteiger partial charge on any atom is -0.451 e. The first-order chi connectivity index (χ1) is 19.7. The molecule has 42 heavy (non-hydrogen) atoms. The molecule has 5 rings (SSSR count). The van der Waals surface area contributed by atoms with Gasteiger partial charge in [-0.1, -0.05) is 65.9 Å². The van der Waals surface area contributed by atoms with Gasteiger partial charge in [0.15, 0.2) is 22.0 Å². The molecule has 0 spiro atoms. The molecule has 224 valence electrons. The number of sulfone groups is 1. The van der Waals surface area contributed by atoms with E-state index in [0.29, 0.717) is 11.1 Å². The van der Waals surface area contributed by atoms with Crippen molar-refractivity contribution < 1.29 is 48.5 Å². The van der Waals surface area contributed by atoms with Crippen molar-refractivity contribution in [1.29, 1.82) is 0 Å². The van der Waals surface area contributed by atoms with Crippen LogP contribution in [0.1, 0.15) is 36.3 Å². The maximum atomic E-state index is 13.8. The third kappa shape index (κ3) is 5.05. The second kappa shape index (κ2) is 10.5. The van der Waals surface area contributed by atoms with Gasteiger partial charge in [0.2, 0.25) is 5.91 Å². The second-order valence-corrected chi connectivity index (χ2v) is 14.1. The van der Waals surface area contributed by atoms with E-state index in [9.17, 15) is 39.6 Å². The van der Waals surface area contributed by atoms with E-state index in [1.54, 1.807) is 60.7 Å². The number of amides is 1. The lowest BCUT2D eigenvalue weighted by Gasteiger charge is -2.37. The number of aromatic nitrogens is 3. The molecule has 17 heteroatoms. The molecule has 2 aliphatic rings. The number of esters is 1. The normalized spacial score (nSPS) is 23.5. The lowest BCUT2D eigenvalue weighted by atomic mass is 9.95. The summed E-state index contributed by atoms with van der Waals surface area (Å²) < 4.78 is 96.3. The highest BCUT2D eigenvalue weighted by atomic mass is 32.2. The Morgan fingerprint density at radius 3 is 2.19 bits per heavy atom. The minimum atomic E-state index is -5.91. The average molecular weight is 629 g/mol. The quantitative estimate of drug-likeness (QED) is 0.149. The lowest BCUT2D eigenvalue weighted by Crippen LogP contribution is -2.58. The molecule has 0 aliphatic carbocycles. The van der Waals surface area contributed by atoms with Crippen LogP contribution < -0.4 is 0 Å². The van der Waals surface area contributed by atoms with Gasteiger partial charge in [-0.05, 0) is 18.1 Å². The molecule has 1 amide bonds. The number of carbonyl (C=O) groups is 2. The summed E-state index contributed by atoms with van der Waals surface area (Å²) in [6.07, 6.45) is -0.287. The summed E-state index contributed by atoms with van der Waals surface area (Å²) in [6, 6.07) is 15.8. The van der Waals surface area contributed by atoms with Gasteiger partial charge < -0.3 is 9.64 Å². The van der Waals surface area contributed by atoms with Crippen LogP contribution in [0.5, 0.6) is 0 Å². The van der Waals surface area contributed by atoms with Crippen LogP contribution in [-0.2, 0) is 51.6 Å². The molecular weight excluding hydrogens is 605 g/mol. The number of carbonyl (C=O) groups excluding carboxylic acids is 2.